The molecule has 0 amide bonds. The monoisotopic (exact) mass is 316 g/mol. The molecule has 0 heterocycles. The molecule has 0 spiro atoms. The normalized spacial score (nSPS) is 9.96. The predicted molar refractivity (Wildman–Crippen MR) is 79.8 cm³/mol. The molecule has 23 heavy (non-hydrogen) atoms. The lowest BCUT2D eigenvalue weighted by Gasteiger charge is -2.09. The van der Waals surface area contributed by atoms with Crippen LogP contribution in [0.2, 0.25) is 0 Å². The molecule has 0 atom stereocenters. The van der Waals surface area contributed by atoms with E-state index < -0.39 is 17.8 Å². The molecule has 0 aliphatic heterocycles. The first kappa shape index (κ1) is 16.2. The first-order valence-electron chi connectivity index (χ1n) is 6.58. The number of aromatic carboxylic acids is 1. The second-order valence-corrected chi connectivity index (χ2v) is 4.63. The van der Waals surface area contributed by atoms with Gasteiger partial charge < -0.3 is 9.94 Å². The Balaban J connectivity index is 1.93. The maximum atomic E-state index is 13.4. The molecule has 0 saturated carbocycles. The third-order valence-electron chi connectivity index (χ3n) is 2.92. The van der Waals surface area contributed by atoms with Crippen LogP contribution in [0.15, 0.2) is 48.5 Å². The molecule has 7 heteroatoms. The molecule has 0 saturated heterocycles. The highest BCUT2D eigenvalue weighted by atomic mass is 19.1. The van der Waals surface area contributed by atoms with Gasteiger partial charge in [-0.25, -0.2) is 19.5 Å². The van der Waals surface area contributed by atoms with Crippen LogP contribution >= 0.6 is 0 Å². The zero-order chi connectivity index (χ0) is 16.8. The Bertz CT molecular complexity index is 761. The molecule has 0 radical (unpaired) electrons. The number of halogens is 1. The van der Waals surface area contributed by atoms with Gasteiger partial charge in [0, 0.05) is 6.42 Å². The number of carbonyl (C=O) groups excluding carboxylic acids is 1. The summed E-state index contributed by atoms with van der Waals surface area (Å²) in [6, 6.07) is 11.4. The topological polar surface area (TPSA) is 99.5 Å². The van der Waals surface area contributed by atoms with Crippen molar-refractivity contribution in [1.29, 1.82) is 5.41 Å². The van der Waals surface area contributed by atoms with Crippen molar-refractivity contribution >= 4 is 17.8 Å². The Morgan fingerprint density at radius 2 is 1.91 bits per heavy atom. The second kappa shape index (κ2) is 7.17. The van der Waals surface area contributed by atoms with Crippen LogP contribution in [0.3, 0.4) is 0 Å². The van der Waals surface area contributed by atoms with E-state index in [1.165, 1.54) is 30.3 Å². The number of carboxylic acids is 1. The summed E-state index contributed by atoms with van der Waals surface area (Å²) in [5.41, 5.74) is 2.53. The van der Waals surface area contributed by atoms with Crippen LogP contribution in [0.1, 0.15) is 26.3 Å². The van der Waals surface area contributed by atoms with E-state index in [0.717, 1.165) is 6.07 Å². The minimum Gasteiger partial charge on any atom is -0.478 e. The number of carboxylic acid groups (broad SMARTS) is 1. The third kappa shape index (κ3) is 4.37. The van der Waals surface area contributed by atoms with Gasteiger partial charge in [-0.2, -0.15) is 0 Å². The number of hydroxylamine groups is 1. The van der Waals surface area contributed by atoms with Crippen molar-refractivity contribution in [1.82, 2.24) is 5.48 Å². The summed E-state index contributed by atoms with van der Waals surface area (Å²) in [6.07, 6.45) is 0.0334. The number of nitrogens with one attached hydrogen (secondary N) is 2. The lowest BCUT2D eigenvalue weighted by molar-refractivity contribution is 0.0376. The Morgan fingerprint density at radius 1 is 1.17 bits per heavy atom. The van der Waals surface area contributed by atoms with Crippen molar-refractivity contribution in [2.45, 2.75) is 6.42 Å². The minimum absolute atomic E-state index is 0.0334. The molecule has 2 aromatic rings. The largest absolute Gasteiger partial charge is 0.478 e. The van der Waals surface area contributed by atoms with Gasteiger partial charge in [-0.05, 0) is 29.8 Å². The van der Waals surface area contributed by atoms with E-state index in [9.17, 15) is 14.0 Å². The summed E-state index contributed by atoms with van der Waals surface area (Å²) in [7, 11) is 0. The number of carbonyl (C=O) groups is 2. The number of rotatable bonds is 4. The summed E-state index contributed by atoms with van der Waals surface area (Å²) in [5.74, 6) is -2.92. The zero-order valence-electron chi connectivity index (χ0n) is 11.9. The van der Waals surface area contributed by atoms with Crippen molar-refractivity contribution in [3.05, 3.63) is 71.0 Å². The molecule has 0 fully saturated rings. The lowest BCUT2D eigenvalue weighted by atomic mass is 10.1. The van der Waals surface area contributed by atoms with Gasteiger partial charge in [-0.1, -0.05) is 24.3 Å². The highest BCUT2D eigenvalue weighted by Gasteiger charge is 2.13. The minimum atomic E-state index is -1.07. The van der Waals surface area contributed by atoms with Crippen molar-refractivity contribution in [2.24, 2.45) is 0 Å². The molecule has 118 valence electrons. The molecular formula is C16H13FN2O4. The van der Waals surface area contributed by atoms with Crippen molar-refractivity contribution in [2.75, 3.05) is 0 Å². The maximum absolute atomic E-state index is 13.4. The Hall–Kier alpha value is -3.22. The Labute approximate surface area is 131 Å². The van der Waals surface area contributed by atoms with Crippen LogP contribution in [0.25, 0.3) is 0 Å². The number of amidine groups is 1. The van der Waals surface area contributed by atoms with Crippen molar-refractivity contribution in [3.8, 4) is 0 Å². The van der Waals surface area contributed by atoms with E-state index >= 15 is 0 Å². The van der Waals surface area contributed by atoms with Crippen molar-refractivity contribution in [3.63, 3.8) is 0 Å². The van der Waals surface area contributed by atoms with E-state index in [0.29, 0.717) is 5.56 Å². The van der Waals surface area contributed by atoms with Crippen molar-refractivity contribution < 1.29 is 23.9 Å². The average Bonchev–Trinajstić information content (AvgIpc) is 2.53. The second-order valence-electron chi connectivity index (χ2n) is 4.63. The van der Waals surface area contributed by atoms with Crippen LogP contribution in [0, 0.1) is 11.2 Å². The van der Waals surface area contributed by atoms with Gasteiger partial charge in [0.2, 0.25) is 0 Å². The van der Waals surface area contributed by atoms with E-state index in [2.05, 4.69) is 10.3 Å². The molecule has 2 aromatic carbocycles. The molecule has 6 nitrogen and oxygen atoms in total. The van der Waals surface area contributed by atoms with Crippen LogP contribution in [-0.2, 0) is 11.3 Å². The fraction of sp³-hybridized carbons (Fsp3) is 0.0625. The quantitative estimate of drug-likeness (QED) is 0.457. The highest BCUT2D eigenvalue weighted by molar-refractivity contribution is 5.91. The number of hydrogen-bond acceptors (Lipinski definition) is 4. The molecule has 0 aliphatic rings. The predicted octanol–water partition coefficient (Wildman–Crippen LogP) is 2.41. The molecule has 0 bridgehead atoms. The SMILES string of the molecule is N=C(Cc1cccc(C(=O)O)c1)NOC(=O)c1ccccc1F. The van der Waals surface area contributed by atoms with Gasteiger partial charge in [0.05, 0.1) is 11.1 Å². The van der Waals surface area contributed by atoms with E-state index in [-0.39, 0.29) is 23.4 Å². The third-order valence-corrected chi connectivity index (χ3v) is 2.92. The van der Waals surface area contributed by atoms with Crippen LogP contribution in [-0.4, -0.2) is 22.9 Å². The maximum Gasteiger partial charge on any atom is 0.365 e. The summed E-state index contributed by atoms with van der Waals surface area (Å²) < 4.78 is 13.4. The van der Waals surface area contributed by atoms with Gasteiger partial charge in [0.1, 0.15) is 11.7 Å². The molecular weight excluding hydrogens is 303 g/mol. The lowest BCUT2D eigenvalue weighted by Crippen LogP contribution is -2.28. The van der Waals surface area contributed by atoms with Gasteiger partial charge in [0.25, 0.3) is 0 Å². The van der Waals surface area contributed by atoms with Gasteiger partial charge in [-0.3, -0.25) is 5.41 Å². The highest BCUT2D eigenvalue weighted by Crippen LogP contribution is 2.08. The smallest absolute Gasteiger partial charge is 0.365 e. The van der Waals surface area contributed by atoms with Crippen LogP contribution in [0.5, 0.6) is 0 Å². The molecule has 0 unspecified atom stereocenters. The van der Waals surface area contributed by atoms with E-state index in [1.807, 2.05) is 0 Å². The van der Waals surface area contributed by atoms with Gasteiger partial charge >= 0.3 is 11.9 Å². The first-order valence-corrected chi connectivity index (χ1v) is 6.58. The first-order chi connectivity index (χ1) is 11.0. The average molecular weight is 316 g/mol. The summed E-state index contributed by atoms with van der Waals surface area (Å²) >= 11 is 0. The molecule has 0 aliphatic carbocycles. The summed E-state index contributed by atoms with van der Waals surface area (Å²) in [6.45, 7) is 0. The number of hydrogen-bond donors (Lipinski definition) is 3. The van der Waals surface area contributed by atoms with Gasteiger partial charge in [-0.15, -0.1) is 0 Å². The van der Waals surface area contributed by atoms with Crippen LogP contribution in [0.4, 0.5) is 4.39 Å². The van der Waals surface area contributed by atoms with Gasteiger partial charge in [0.15, 0.2) is 0 Å². The molecule has 0 aromatic heterocycles. The standard InChI is InChI=1S/C16H13FN2O4/c17-13-7-2-1-6-12(13)16(22)23-19-14(18)9-10-4-3-5-11(8-10)15(20)21/h1-8H,9H2,(H2,18,19)(H,20,21). The Kier molecular flexibility index (Phi) is 5.03. The fourth-order valence-electron chi connectivity index (χ4n) is 1.84. The van der Waals surface area contributed by atoms with Crippen LogP contribution < -0.4 is 5.48 Å². The van der Waals surface area contributed by atoms with E-state index in [1.54, 1.807) is 12.1 Å². The summed E-state index contributed by atoms with van der Waals surface area (Å²) in [5, 5.41) is 16.6. The zero-order valence-corrected chi connectivity index (χ0v) is 11.9. The summed E-state index contributed by atoms with van der Waals surface area (Å²) in [4.78, 5) is 27.2. The fourth-order valence-corrected chi connectivity index (χ4v) is 1.84. The van der Waals surface area contributed by atoms with E-state index in [4.69, 9.17) is 10.5 Å². The number of benzene rings is 2. The Morgan fingerprint density at radius 3 is 2.61 bits per heavy atom. The molecule has 2 rings (SSSR count). The molecule has 3 N–H and O–H groups in total.